The molecule has 0 aromatic heterocycles. The van der Waals surface area contributed by atoms with Crippen molar-refractivity contribution in [3.05, 3.63) is 35.6 Å². The molecule has 1 heterocycles. The topological polar surface area (TPSA) is 29.4 Å². The number of carbonyl (C=O) groups excluding carboxylic acids is 1. The Labute approximate surface area is 98.0 Å². The Morgan fingerprint density at radius 1 is 1.50 bits per heavy atom. The van der Waals surface area contributed by atoms with Gasteiger partial charge in [-0.2, -0.15) is 16.8 Å². The third-order valence-corrected chi connectivity index (χ3v) is 4.02. The van der Waals surface area contributed by atoms with Gasteiger partial charge in [0, 0.05) is 5.56 Å². The van der Waals surface area contributed by atoms with Crippen molar-refractivity contribution in [2.75, 3.05) is 11.5 Å². The molecule has 1 aromatic rings. The van der Waals surface area contributed by atoms with Gasteiger partial charge in [0.15, 0.2) is 0 Å². The molecule has 2 nitrogen and oxygen atoms in total. The molecule has 2 atom stereocenters. The first kappa shape index (κ1) is 11.4. The van der Waals surface area contributed by atoms with Crippen molar-refractivity contribution in [1.82, 2.24) is 0 Å². The average molecular weight is 237 g/mol. The zero-order valence-electron chi connectivity index (χ0n) is 8.73. The van der Waals surface area contributed by atoms with Gasteiger partial charge in [-0.15, -0.1) is 0 Å². The number of isocyanates is 1. The van der Waals surface area contributed by atoms with Crippen LogP contribution in [0.1, 0.15) is 18.0 Å². The van der Waals surface area contributed by atoms with Crippen molar-refractivity contribution in [2.24, 2.45) is 10.9 Å². The summed E-state index contributed by atoms with van der Waals surface area (Å²) in [6.45, 7) is 0. The van der Waals surface area contributed by atoms with E-state index in [1.165, 1.54) is 6.07 Å². The highest BCUT2D eigenvalue weighted by Gasteiger charge is 2.28. The first-order valence-electron chi connectivity index (χ1n) is 5.22. The van der Waals surface area contributed by atoms with Crippen LogP contribution in [-0.4, -0.2) is 17.6 Å². The van der Waals surface area contributed by atoms with Crippen molar-refractivity contribution in [3.63, 3.8) is 0 Å². The van der Waals surface area contributed by atoms with Crippen LogP contribution in [0.3, 0.4) is 0 Å². The molecular formula is C12H12FNOS. The standard InChI is InChI=1S/C12H12FNOS/c13-11-4-2-1-3-10(11)12(14-8-15)9-5-6-16-7-9/h1-4,9,12H,5-7H2. The Balaban J connectivity index is 2.31. The van der Waals surface area contributed by atoms with E-state index < -0.39 is 0 Å². The third-order valence-electron chi connectivity index (χ3n) is 2.83. The Morgan fingerprint density at radius 3 is 2.94 bits per heavy atom. The quantitative estimate of drug-likeness (QED) is 0.597. The lowest BCUT2D eigenvalue weighted by Crippen LogP contribution is -2.11. The molecule has 16 heavy (non-hydrogen) atoms. The highest BCUT2D eigenvalue weighted by molar-refractivity contribution is 7.99. The second-order valence-corrected chi connectivity index (χ2v) is 4.96. The summed E-state index contributed by atoms with van der Waals surface area (Å²) in [6, 6.07) is 6.15. The van der Waals surface area contributed by atoms with E-state index in [-0.39, 0.29) is 17.8 Å². The molecule has 4 heteroatoms. The second-order valence-electron chi connectivity index (χ2n) is 3.81. The molecular weight excluding hydrogens is 225 g/mol. The van der Waals surface area contributed by atoms with Gasteiger partial charge in [0.2, 0.25) is 6.08 Å². The van der Waals surface area contributed by atoms with E-state index in [2.05, 4.69) is 4.99 Å². The minimum Gasteiger partial charge on any atom is -0.211 e. The van der Waals surface area contributed by atoms with Gasteiger partial charge in [0.1, 0.15) is 5.82 Å². The van der Waals surface area contributed by atoms with Crippen molar-refractivity contribution in [1.29, 1.82) is 0 Å². The van der Waals surface area contributed by atoms with Crippen molar-refractivity contribution in [2.45, 2.75) is 12.5 Å². The summed E-state index contributed by atoms with van der Waals surface area (Å²) in [6.07, 6.45) is 2.55. The number of hydrogen-bond donors (Lipinski definition) is 0. The van der Waals surface area contributed by atoms with Gasteiger partial charge >= 0.3 is 0 Å². The van der Waals surface area contributed by atoms with Crippen molar-refractivity contribution in [3.8, 4) is 0 Å². The Hall–Kier alpha value is -1.12. The van der Waals surface area contributed by atoms with Gasteiger partial charge in [0.05, 0.1) is 6.04 Å². The fraction of sp³-hybridized carbons (Fsp3) is 0.417. The number of benzene rings is 1. The largest absolute Gasteiger partial charge is 0.235 e. The second kappa shape index (κ2) is 5.28. The van der Waals surface area contributed by atoms with Crippen LogP contribution in [0.5, 0.6) is 0 Å². The molecule has 0 amide bonds. The maximum atomic E-state index is 13.6. The molecule has 1 aliphatic heterocycles. The number of hydrogen-bond acceptors (Lipinski definition) is 3. The predicted octanol–water partition coefficient (Wildman–Crippen LogP) is 2.96. The maximum absolute atomic E-state index is 13.6. The Morgan fingerprint density at radius 2 is 2.31 bits per heavy atom. The fourth-order valence-corrected chi connectivity index (χ4v) is 3.29. The molecule has 0 saturated carbocycles. The van der Waals surface area contributed by atoms with Gasteiger partial charge in [-0.05, 0) is 29.9 Å². The average Bonchev–Trinajstić information content (AvgIpc) is 2.80. The SMILES string of the molecule is O=C=NC(c1ccccc1F)C1CCSC1. The molecule has 0 spiro atoms. The van der Waals surface area contributed by atoms with Crippen molar-refractivity contribution < 1.29 is 9.18 Å². The minimum absolute atomic E-state index is 0.253. The van der Waals surface area contributed by atoms with E-state index >= 15 is 0 Å². The van der Waals surface area contributed by atoms with Crippen LogP contribution < -0.4 is 0 Å². The van der Waals surface area contributed by atoms with E-state index in [0.29, 0.717) is 5.56 Å². The zero-order chi connectivity index (χ0) is 11.4. The molecule has 1 aromatic carbocycles. The molecule has 2 rings (SSSR count). The minimum atomic E-state index is -0.367. The van der Waals surface area contributed by atoms with E-state index in [9.17, 15) is 9.18 Å². The Bertz CT molecular complexity index is 411. The lowest BCUT2D eigenvalue weighted by atomic mass is 9.93. The summed E-state index contributed by atoms with van der Waals surface area (Å²) in [5.74, 6) is 1.96. The highest BCUT2D eigenvalue weighted by atomic mass is 32.2. The van der Waals surface area contributed by atoms with E-state index in [1.807, 2.05) is 11.8 Å². The van der Waals surface area contributed by atoms with Crippen LogP contribution in [0.25, 0.3) is 0 Å². The summed E-state index contributed by atoms with van der Waals surface area (Å²) < 4.78 is 13.6. The predicted molar refractivity (Wildman–Crippen MR) is 62.7 cm³/mol. The summed E-state index contributed by atoms with van der Waals surface area (Å²) in [5, 5.41) is 0. The van der Waals surface area contributed by atoms with Gasteiger partial charge in [-0.3, -0.25) is 0 Å². The maximum Gasteiger partial charge on any atom is 0.235 e. The van der Waals surface area contributed by atoms with Crippen LogP contribution in [0.4, 0.5) is 4.39 Å². The molecule has 2 unspecified atom stereocenters. The fourth-order valence-electron chi connectivity index (χ4n) is 2.00. The van der Waals surface area contributed by atoms with Gasteiger partial charge in [-0.25, -0.2) is 9.18 Å². The van der Waals surface area contributed by atoms with Crippen LogP contribution in [0, 0.1) is 11.7 Å². The number of aliphatic imine (C=N–C) groups is 1. The normalized spacial score (nSPS) is 21.4. The molecule has 84 valence electrons. The first-order chi connectivity index (χ1) is 7.83. The number of halogens is 1. The summed E-state index contributed by atoms with van der Waals surface area (Å²) >= 11 is 1.82. The smallest absolute Gasteiger partial charge is 0.211 e. The van der Waals surface area contributed by atoms with Crippen LogP contribution in [0.15, 0.2) is 29.3 Å². The molecule has 0 bridgehead atoms. The molecule has 1 aliphatic rings. The molecule has 1 fully saturated rings. The third kappa shape index (κ3) is 2.34. The molecule has 0 radical (unpaired) electrons. The first-order valence-corrected chi connectivity index (χ1v) is 6.37. The van der Waals surface area contributed by atoms with Crippen LogP contribution in [0.2, 0.25) is 0 Å². The van der Waals surface area contributed by atoms with Crippen LogP contribution in [-0.2, 0) is 4.79 Å². The molecule has 0 aliphatic carbocycles. The number of rotatable bonds is 3. The summed E-state index contributed by atoms with van der Waals surface area (Å²) in [7, 11) is 0. The van der Waals surface area contributed by atoms with E-state index in [4.69, 9.17) is 0 Å². The van der Waals surface area contributed by atoms with Gasteiger partial charge in [0.25, 0.3) is 0 Å². The van der Waals surface area contributed by atoms with E-state index in [1.54, 1.807) is 24.3 Å². The lowest BCUT2D eigenvalue weighted by molar-refractivity contribution is 0.457. The van der Waals surface area contributed by atoms with Gasteiger partial charge in [-0.1, -0.05) is 18.2 Å². The van der Waals surface area contributed by atoms with Gasteiger partial charge < -0.3 is 0 Å². The highest BCUT2D eigenvalue weighted by Crippen LogP contribution is 2.37. The van der Waals surface area contributed by atoms with Crippen LogP contribution >= 0.6 is 11.8 Å². The number of thioether (sulfide) groups is 1. The summed E-state index contributed by atoms with van der Waals surface area (Å²) in [5.41, 5.74) is 0.512. The van der Waals surface area contributed by atoms with E-state index in [0.717, 1.165) is 17.9 Å². The monoisotopic (exact) mass is 237 g/mol. The number of nitrogens with zero attached hydrogens (tertiary/aromatic N) is 1. The Kier molecular flexibility index (Phi) is 3.75. The molecule has 1 saturated heterocycles. The summed E-state index contributed by atoms with van der Waals surface area (Å²) in [4.78, 5) is 14.2. The van der Waals surface area contributed by atoms with Crippen molar-refractivity contribution >= 4 is 17.8 Å². The zero-order valence-corrected chi connectivity index (χ0v) is 9.54. The molecule has 0 N–H and O–H groups in total. The lowest BCUT2D eigenvalue weighted by Gasteiger charge is -2.17.